The highest BCUT2D eigenvalue weighted by Crippen LogP contribution is 2.27. The normalized spacial score (nSPS) is 14.3. The summed E-state index contributed by atoms with van der Waals surface area (Å²) in [5.74, 6) is 1.54. The zero-order chi connectivity index (χ0) is 13.7. The molecule has 0 fully saturated rings. The summed E-state index contributed by atoms with van der Waals surface area (Å²) in [5, 5.41) is 11.6. The van der Waals surface area contributed by atoms with Gasteiger partial charge in [-0.25, -0.2) is 0 Å². The Hall–Kier alpha value is -1.68. The summed E-state index contributed by atoms with van der Waals surface area (Å²) >= 11 is 0. The number of nitrogens with one attached hydrogen (secondary N) is 1. The molecule has 1 aromatic heterocycles. The fraction of sp³-hybridized carbons (Fsp3) is 0.467. The van der Waals surface area contributed by atoms with Crippen molar-refractivity contribution in [2.24, 2.45) is 0 Å². The molecule has 1 heterocycles. The SMILES string of the molecule is CCNC(C)c1nnc(C(CC)c2ccccc2)o1. The minimum absolute atomic E-state index is 0.0968. The van der Waals surface area contributed by atoms with Crippen molar-refractivity contribution in [1.29, 1.82) is 0 Å². The van der Waals surface area contributed by atoms with E-state index in [1.54, 1.807) is 0 Å². The van der Waals surface area contributed by atoms with Crippen molar-refractivity contribution < 1.29 is 4.42 Å². The Bertz CT molecular complexity index is 495. The Morgan fingerprint density at radius 1 is 1.11 bits per heavy atom. The topological polar surface area (TPSA) is 51.0 Å². The summed E-state index contributed by atoms with van der Waals surface area (Å²) < 4.78 is 5.82. The number of nitrogens with zero attached hydrogens (tertiary/aromatic N) is 2. The van der Waals surface area contributed by atoms with Gasteiger partial charge in [-0.1, -0.05) is 44.2 Å². The minimum atomic E-state index is 0.0968. The van der Waals surface area contributed by atoms with E-state index in [1.807, 2.05) is 25.1 Å². The average Bonchev–Trinajstić information content (AvgIpc) is 2.91. The first kappa shape index (κ1) is 13.7. The lowest BCUT2D eigenvalue weighted by Gasteiger charge is -2.11. The molecule has 2 unspecified atom stereocenters. The Morgan fingerprint density at radius 3 is 2.42 bits per heavy atom. The van der Waals surface area contributed by atoms with E-state index >= 15 is 0 Å². The highest BCUT2D eigenvalue weighted by atomic mass is 16.4. The van der Waals surface area contributed by atoms with E-state index < -0.39 is 0 Å². The zero-order valence-corrected chi connectivity index (χ0v) is 11.8. The molecule has 0 saturated heterocycles. The smallest absolute Gasteiger partial charge is 0.233 e. The molecule has 1 aromatic carbocycles. The number of rotatable bonds is 6. The summed E-state index contributed by atoms with van der Waals surface area (Å²) in [5.41, 5.74) is 1.22. The molecule has 0 aliphatic heterocycles. The number of hydrogen-bond donors (Lipinski definition) is 1. The van der Waals surface area contributed by atoms with Gasteiger partial charge < -0.3 is 9.73 Å². The Kier molecular flexibility index (Phi) is 4.68. The molecule has 4 heteroatoms. The Morgan fingerprint density at radius 2 is 1.79 bits per heavy atom. The van der Waals surface area contributed by atoms with Crippen LogP contribution in [0, 0.1) is 0 Å². The van der Waals surface area contributed by atoms with E-state index in [9.17, 15) is 0 Å². The van der Waals surface area contributed by atoms with E-state index in [-0.39, 0.29) is 12.0 Å². The van der Waals surface area contributed by atoms with Gasteiger partial charge in [-0.2, -0.15) is 0 Å². The third kappa shape index (κ3) is 3.20. The molecule has 1 N–H and O–H groups in total. The van der Waals surface area contributed by atoms with Gasteiger partial charge in [0.05, 0.1) is 12.0 Å². The quantitative estimate of drug-likeness (QED) is 0.865. The van der Waals surface area contributed by atoms with Gasteiger partial charge in [-0.3, -0.25) is 0 Å². The molecule has 4 nitrogen and oxygen atoms in total. The van der Waals surface area contributed by atoms with Crippen LogP contribution in [0.4, 0.5) is 0 Å². The number of hydrogen-bond acceptors (Lipinski definition) is 4. The zero-order valence-electron chi connectivity index (χ0n) is 11.8. The molecule has 0 aliphatic carbocycles. The molecule has 0 spiro atoms. The van der Waals surface area contributed by atoms with E-state index in [0.717, 1.165) is 13.0 Å². The van der Waals surface area contributed by atoms with Crippen molar-refractivity contribution in [2.75, 3.05) is 6.54 Å². The Labute approximate surface area is 114 Å². The molecular formula is C15H21N3O. The van der Waals surface area contributed by atoms with Crippen LogP contribution in [0.3, 0.4) is 0 Å². The molecule has 2 rings (SSSR count). The third-order valence-electron chi connectivity index (χ3n) is 3.25. The molecule has 0 bridgehead atoms. The van der Waals surface area contributed by atoms with Crippen molar-refractivity contribution >= 4 is 0 Å². The first-order valence-electron chi connectivity index (χ1n) is 6.87. The van der Waals surface area contributed by atoms with Crippen LogP contribution in [0.2, 0.25) is 0 Å². The van der Waals surface area contributed by atoms with Crippen LogP contribution in [0.15, 0.2) is 34.7 Å². The minimum Gasteiger partial charge on any atom is -0.423 e. The van der Waals surface area contributed by atoms with Gasteiger partial charge in [0.15, 0.2) is 0 Å². The lowest BCUT2D eigenvalue weighted by molar-refractivity contribution is 0.385. The summed E-state index contributed by atoms with van der Waals surface area (Å²) in [4.78, 5) is 0. The first-order valence-corrected chi connectivity index (χ1v) is 6.87. The average molecular weight is 259 g/mol. The second-order valence-electron chi connectivity index (χ2n) is 4.63. The lowest BCUT2D eigenvalue weighted by atomic mass is 9.97. The molecule has 2 atom stereocenters. The van der Waals surface area contributed by atoms with Crippen molar-refractivity contribution in [1.82, 2.24) is 15.5 Å². The van der Waals surface area contributed by atoms with Crippen LogP contribution >= 0.6 is 0 Å². The molecular weight excluding hydrogens is 238 g/mol. The molecule has 2 aromatic rings. The molecule has 19 heavy (non-hydrogen) atoms. The monoisotopic (exact) mass is 259 g/mol. The lowest BCUT2D eigenvalue weighted by Crippen LogP contribution is -2.17. The fourth-order valence-corrected chi connectivity index (χ4v) is 2.19. The largest absolute Gasteiger partial charge is 0.423 e. The predicted octanol–water partition coefficient (Wildman–Crippen LogP) is 3.28. The van der Waals surface area contributed by atoms with Crippen LogP contribution in [-0.4, -0.2) is 16.7 Å². The van der Waals surface area contributed by atoms with Gasteiger partial charge >= 0.3 is 0 Å². The van der Waals surface area contributed by atoms with Crippen molar-refractivity contribution in [3.63, 3.8) is 0 Å². The molecule has 0 saturated carbocycles. The maximum Gasteiger partial charge on any atom is 0.233 e. The fourth-order valence-electron chi connectivity index (χ4n) is 2.19. The van der Waals surface area contributed by atoms with E-state index in [1.165, 1.54) is 5.56 Å². The van der Waals surface area contributed by atoms with E-state index in [4.69, 9.17) is 4.42 Å². The van der Waals surface area contributed by atoms with Crippen LogP contribution in [0.1, 0.15) is 56.5 Å². The van der Waals surface area contributed by atoms with Crippen molar-refractivity contribution in [3.8, 4) is 0 Å². The van der Waals surface area contributed by atoms with E-state index in [2.05, 4.69) is 41.5 Å². The number of aromatic nitrogens is 2. The maximum atomic E-state index is 5.82. The highest BCUT2D eigenvalue weighted by molar-refractivity contribution is 5.24. The van der Waals surface area contributed by atoms with Gasteiger partial charge in [0, 0.05) is 0 Å². The van der Waals surface area contributed by atoms with Gasteiger partial charge in [-0.15, -0.1) is 10.2 Å². The highest BCUT2D eigenvalue weighted by Gasteiger charge is 2.20. The first-order chi connectivity index (χ1) is 9.26. The van der Waals surface area contributed by atoms with Crippen LogP contribution < -0.4 is 5.32 Å². The third-order valence-corrected chi connectivity index (χ3v) is 3.25. The summed E-state index contributed by atoms with van der Waals surface area (Å²) in [7, 11) is 0. The van der Waals surface area contributed by atoms with Crippen LogP contribution in [0.5, 0.6) is 0 Å². The second kappa shape index (κ2) is 6.48. The van der Waals surface area contributed by atoms with Crippen LogP contribution in [0.25, 0.3) is 0 Å². The summed E-state index contributed by atoms with van der Waals surface area (Å²) in [6.07, 6.45) is 0.946. The molecule has 102 valence electrons. The second-order valence-corrected chi connectivity index (χ2v) is 4.63. The summed E-state index contributed by atoms with van der Waals surface area (Å²) in [6, 6.07) is 10.4. The number of benzene rings is 1. The van der Waals surface area contributed by atoms with Crippen molar-refractivity contribution in [2.45, 2.75) is 39.2 Å². The molecule has 0 radical (unpaired) electrons. The van der Waals surface area contributed by atoms with Gasteiger partial charge in [0.25, 0.3) is 0 Å². The van der Waals surface area contributed by atoms with E-state index in [0.29, 0.717) is 11.8 Å². The molecule has 0 amide bonds. The molecule has 0 aliphatic rings. The van der Waals surface area contributed by atoms with Gasteiger partial charge in [0.2, 0.25) is 11.8 Å². The predicted molar refractivity (Wildman–Crippen MR) is 75.0 cm³/mol. The summed E-state index contributed by atoms with van der Waals surface area (Å²) in [6.45, 7) is 7.11. The van der Waals surface area contributed by atoms with Gasteiger partial charge in [0.1, 0.15) is 0 Å². The Balaban J connectivity index is 2.21. The van der Waals surface area contributed by atoms with Gasteiger partial charge in [-0.05, 0) is 25.5 Å². The van der Waals surface area contributed by atoms with Crippen molar-refractivity contribution in [3.05, 3.63) is 47.7 Å². The maximum absolute atomic E-state index is 5.82. The standard InChI is InChI=1S/C15H21N3O/c1-4-13(12-9-7-6-8-10-12)15-18-17-14(19-15)11(3)16-5-2/h6-11,13,16H,4-5H2,1-3H3. The van der Waals surface area contributed by atoms with Crippen LogP contribution in [-0.2, 0) is 0 Å².